The number of ether oxygens (including phenoxy) is 1. The maximum absolute atomic E-state index is 13.0. The van der Waals surface area contributed by atoms with E-state index < -0.39 is 5.41 Å². The van der Waals surface area contributed by atoms with Crippen molar-refractivity contribution in [3.05, 3.63) is 30.1 Å². The standard InChI is InChI=1S/C17H23N3O3/c1-13-9-20(15(21)11-23-2)12-17(13)5-7-19(16(17)22)10-14-4-3-6-18-8-14/h3-4,6,8,13H,5,7,9-12H2,1-2H3/t13-,17-/m1/s1. The van der Waals surface area contributed by atoms with Crippen LogP contribution in [0.15, 0.2) is 24.5 Å². The van der Waals surface area contributed by atoms with Gasteiger partial charge in [-0.2, -0.15) is 0 Å². The molecule has 3 heterocycles. The zero-order valence-corrected chi connectivity index (χ0v) is 13.7. The number of likely N-dealkylation sites (tertiary alicyclic amines) is 2. The lowest BCUT2D eigenvalue weighted by molar-refractivity contribution is -0.138. The zero-order chi connectivity index (χ0) is 16.4. The van der Waals surface area contributed by atoms with E-state index in [9.17, 15) is 9.59 Å². The highest BCUT2D eigenvalue weighted by Gasteiger charge is 2.55. The number of hydrogen-bond donors (Lipinski definition) is 0. The monoisotopic (exact) mass is 317 g/mol. The van der Waals surface area contributed by atoms with Gasteiger partial charge in [-0.15, -0.1) is 0 Å². The Labute approximate surface area is 136 Å². The topological polar surface area (TPSA) is 62.7 Å². The molecule has 1 spiro atoms. The lowest BCUT2D eigenvalue weighted by atomic mass is 9.78. The molecule has 2 saturated heterocycles. The third-order valence-electron chi connectivity index (χ3n) is 5.17. The summed E-state index contributed by atoms with van der Waals surface area (Å²) >= 11 is 0. The highest BCUT2D eigenvalue weighted by molar-refractivity contribution is 5.87. The fraction of sp³-hybridized carbons (Fsp3) is 0.588. The highest BCUT2D eigenvalue weighted by atomic mass is 16.5. The van der Waals surface area contributed by atoms with Crippen molar-refractivity contribution in [3.8, 4) is 0 Å². The third kappa shape index (κ3) is 2.83. The lowest BCUT2D eigenvalue weighted by Gasteiger charge is -2.26. The third-order valence-corrected chi connectivity index (χ3v) is 5.17. The maximum atomic E-state index is 13.0. The number of amides is 2. The van der Waals surface area contributed by atoms with Gasteiger partial charge in [-0.05, 0) is 24.0 Å². The van der Waals surface area contributed by atoms with E-state index in [1.165, 1.54) is 7.11 Å². The first-order valence-electron chi connectivity index (χ1n) is 8.02. The minimum atomic E-state index is -0.425. The average molecular weight is 317 g/mol. The van der Waals surface area contributed by atoms with Gasteiger partial charge in [-0.3, -0.25) is 14.6 Å². The van der Waals surface area contributed by atoms with E-state index in [0.717, 1.165) is 18.5 Å². The van der Waals surface area contributed by atoms with Gasteiger partial charge in [0.15, 0.2) is 0 Å². The molecular formula is C17H23N3O3. The van der Waals surface area contributed by atoms with Crippen LogP contribution in [0.5, 0.6) is 0 Å². The Morgan fingerprint density at radius 2 is 2.35 bits per heavy atom. The van der Waals surface area contributed by atoms with Gasteiger partial charge in [0.05, 0.1) is 5.41 Å². The predicted octanol–water partition coefficient (Wildman–Crippen LogP) is 0.925. The van der Waals surface area contributed by atoms with Crippen molar-refractivity contribution in [2.75, 3.05) is 33.4 Å². The van der Waals surface area contributed by atoms with Crippen molar-refractivity contribution in [2.45, 2.75) is 19.9 Å². The molecule has 0 aromatic carbocycles. The molecule has 3 rings (SSSR count). The number of methoxy groups -OCH3 is 1. The first-order valence-corrected chi connectivity index (χ1v) is 8.02. The number of aromatic nitrogens is 1. The Balaban J connectivity index is 1.71. The van der Waals surface area contributed by atoms with E-state index in [-0.39, 0.29) is 24.3 Å². The molecule has 23 heavy (non-hydrogen) atoms. The van der Waals surface area contributed by atoms with E-state index in [1.807, 2.05) is 17.0 Å². The van der Waals surface area contributed by atoms with Crippen LogP contribution in [0.4, 0.5) is 0 Å². The van der Waals surface area contributed by atoms with Crippen LogP contribution in [-0.4, -0.2) is 59.9 Å². The van der Waals surface area contributed by atoms with E-state index in [0.29, 0.717) is 19.6 Å². The number of hydrogen-bond acceptors (Lipinski definition) is 4. The van der Waals surface area contributed by atoms with Crippen molar-refractivity contribution in [2.24, 2.45) is 11.3 Å². The van der Waals surface area contributed by atoms with Crippen LogP contribution in [0.2, 0.25) is 0 Å². The van der Waals surface area contributed by atoms with Gasteiger partial charge in [0.2, 0.25) is 11.8 Å². The Morgan fingerprint density at radius 1 is 1.52 bits per heavy atom. The molecule has 2 amide bonds. The summed E-state index contributed by atoms with van der Waals surface area (Å²) in [4.78, 5) is 32.9. The van der Waals surface area contributed by atoms with Crippen LogP contribution >= 0.6 is 0 Å². The lowest BCUT2D eigenvalue weighted by Crippen LogP contribution is -2.40. The molecule has 2 aliphatic heterocycles. The summed E-state index contributed by atoms with van der Waals surface area (Å²) in [5, 5.41) is 0. The summed E-state index contributed by atoms with van der Waals surface area (Å²) < 4.78 is 4.94. The SMILES string of the molecule is COCC(=O)N1C[C@@H](C)[C@@]2(CCN(Cc3cccnc3)C2=O)C1. The second kappa shape index (κ2) is 6.28. The number of carbonyl (C=O) groups is 2. The quantitative estimate of drug-likeness (QED) is 0.828. The molecular weight excluding hydrogens is 294 g/mol. The minimum absolute atomic E-state index is 0.0327. The van der Waals surface area contributed by atoms with Gasteiger partial charge in [-0.25, -0.2) is 0 Å². The first-order chi connectivity index (χ1) is 11.1. The molecule has 1 aromatic heterocycles. The highest BCUT2D eigenvalue weighted by Crippen LogP contribution is 2.45. The van der Waals surface area contributed by atoms with Crippen molar-refractivity contribution in [3.63, 3.8) is 0 Å². The fourth-order valence-electron chi connectivity index (χ4n) is 3.80. The molecule has 0 unspecified atom stereocenters. The summed E-state index contributed by atoms with van der Waals surface area (Å²) in [6.07, 6.45) is 4.34. The predicted molar refractivity (Wildman–Crippen MR) is 84.3 cm³/mol. The largest absolute Gasteiger partial charge is 0.375 e. The molecule has 0 N–H and O–H groups in total. The first kappa shape index (κ1) is 15.9. The normalized spacial score (nSPS) is 27.2. The van der Waals surface area contributed by atoms with E-state index in [4.69, 9.17) is 4.74 Å². The number of pyridine rings is 1. The maximum Gasteiger partial charge on any atom is 0.248 e. The zero-order valence-electron chi connectivity index (χ0n) is 13.7. The molecule has 0 aliphatic carbocycles. The average Bonchev–Trinajstić information content (AvgIpc) is 3.05. The molecule has 2 aliphatic rings. The number of rotatable bonds is 4. The summed E-state index contributed by atoms with van der Waals surface area (Å²) in [5.74, 6) is 0.311. The smallest absolute Gasteiger partial charge is 0.248 e. The van der Waals surface area contributed by atoms with Crippen molar-refractivity contribution < 1.29 is 14.3 Å². The van der Waals surface area contributed by atoms with Gasteiger partial charge < -0.3 is 14.5 Å². The molecule has 2 fully saturated rings. The van der Waals surface area contributed by atoms with Crippen molar-refractivity contribution >= 4 is 11.8 Å². The fourth-order valence-corrected chi connectivity index (χ4v) is 3.80. The van der Waals surface area contributed by atoms with Crippen LogP contribution in [0, 0.1) is 11.3 Å². The van der Waals surface area contributed by atoms with Gasteiger partial charge >= 0.3 is 0 Å². The number of nitrogens with zero attached hydrogens (tertiary/aromatic N) is 3. The second-order valence-corrected chi connectivity index (χ2v) is 6.60. The minimum Gasteiger partial charge on any atom is -0.375 e. The molecule has 2 atom stereocenters. The summed E-state index contributed by atoms with van der Waals surface area (Å²) in [7, 11) is 1.52. The molecule has 0 saturated carbocycles. The molecule has 6 nitrogen and oxygen atoms in total. The van der Waals surface area contributed by atoms with Crippen LogP contribution in [0.25, 0.3) is 0 Å². The molecule has 0 radical (unpaired) electrons. The Morgan fingerprint density at radius 3 is 3.04 bits per heavy atom. The molecule has 0 bridgehead atoms. The summed E-state index contributed by atoms with van der Waals surface area (Å²) in [6.45, 7) is 4.63. The summed E-state index contributed by atoms with van der Waals surface area (Å²) in [6, 6.07) is 3.87. The number of carbonyl (C=O) groups excluding carboxylic acids is 2. The molecule has 124 valence electrons. The van der Waals surface area contributed by atoms with Crippen LogP contribution < -0.4 is 0 Å². The van der Waals surface area contributed by atoms with Crippen LogP contribution in [0.3, 0.4) is 0 Å². The van der Waals surface area contributed by atoms with Gasteiger partial charge in [0.1, 0.15) is 6.61 Å². The van der Waals surface area contributed by atoms with E-state index in [1.54, 1.807) is 17.3 Å². The van der Waals surface area contributed by atoms with Gasteiger partial charge in [-0.1, -0.05) is 13.0 Å². The van der Waals surface area contributed by atoms with E-state index in [2.05, 4.69) is 11.9 Å². The Bertz CT molecular complexity index is 592. The Kier molecular flexibility index (Phi) is 4.35. The Hall–Kier alpha value is -1.95. The molecule has 6 heteroatoms. The van der Waals surface area contributed by atoms with Gasteiger partial charge in [0.25, 0.3) is 0 Å². The van der Waals surface area contributed by atoms with E-state index >= 15 is 0 Å². The summed E-state index contributed by atoms with van der Waals surface area (Å²) in [5.41, 5.74) is 0.613. The second-order valence-electron chi connectivity index (χ2n) is 6.60. The van der Waals surface area contributed by atoms with Crippen molar-refractivity contribution in [1.82, 2.24) is 14.8 Å². The van der Waals surface area contributed by atoms with Crippen molar-refractivity contribution in [1.29, 1.82) is 0 Å². The van der Waals surface area contributed by atoms with Gasteiger partial charge in [0, 0.05) is 45.7 Å². The van der Waals surface area contributed by atoms with Crippen LogP contribution in [0.1, 0.15) is 18.9 Å². The van der Waals surface area contributed by atoms with Crippen LogP contribution in [-0.2, 0) is 20.9 Å². The molecule has 1 aromatic rings.